The molecule has 5 heteroatoms. The van der Waals surface area contributed by atoms with Gasteiger partial charge in [0.15, 0.2) is 0 Å². The Kier molecular flexibility index (Phi) is 5.42. The second kappa shape index (κ2) is 8.33. The molecule has 1 aliphatic heterocycles. The molecule has 0 bridgehead atoms. The lowest BCUT2D eigenvalue weighted by molar-refractivity contribution is 0.0947. The van der Waals surface area contributed by atoms with Gasteiger partial charge in [-0.15, -0.1) is 11.8 Å². The lowest BCUT2D eigenvalue weighted by Gasteiger charge is -2.24. The number of nitrogens with zero attached hydrogens (tertiary/aromatic N) is 2. The van der Waals surface area contributed by atoms with Gasteiger partial charge in [-0.3, -0.25) is 4.57 Å². The second-order valence-electron chi connectivity index (χ2n) is 8.00. The number of benzene rings is 2. The van der Waals surface area contributed by atoms with Gasteiger partial charge in [0.2, 0.25) is 0 Å². The Morgan fingerprint density at radius 3 is 2.83 bits per heavy atom. The van der Waals surface area contributed by atoms with Crippen molar-refractivity contribution < 1.29 is 4.74 Å². The van der Waals surface area contributed by atoms with Gasteiger partial charge in [-0.05, 0) is 54.9 Å². The molecule has 1 fully saturated rings. The SMILES string of the molecule is O=c1nc(SCc2cccc3ccccc23)c2c(n1C[C@H]1CCCO1)CCCC2. The first-order valence-corrected chi connectivity index (χ1v) is 11.6. The summed E-state index contributed by atoms with van der Waals surface area (Å²) in [6.45, 7) is 1.47. The molecule has 4 nitrogen and oxygen atoms in total. The molecular weight excluding hydrogens is 380 g/mol. The van der Waals surface area contributed by atoms with Crippen LogP contribution in [0.5, 0.6) is 0 Å². The second-order valence-corrected chi connectivity index (χ2v) is 8.97. The van der Waals surface area contributed by atoms with Gasteiger partial charge in [-0.2, -0.15) is 4.98 Å². The summed E-state index contributed by atoms with van der Waals surface area (Å²) in [5, 5.41) is 3.47. The normalized spacial score (nSPS) is 18.8. The van der Waals surface area contributed by atoms with E-state index in [0.717, 1.165) is 49.5 Å². The van der Waals surface area contributed by atoms with Gasteiger partial charge in [0.1, 0.15) is 5.03 Å². The van der Waals surface area contributed by atoms with Gasteiger partial charge < -0.3 is 4.74 Å². The van der Waals surface area contributed by atoms with Crippen molar-refractivity contribution in [3.8, 4) is 0 Å². The summed E-state index contributed by atoms with van der Waals surface area (Å²) in [6, 6.07) is 14.9. The van der Waals surface area contributed by atoms with E-state index in [-0.39, 0.29) is 11.8 Å². The van der Waals surface area contributed by atoms with Crippen molar-refractivity contribution in [3.63, 3.8) is 0 Å². The number of ether oxygens (including phenoxy) is 1. The predicted molar refractivity (Wildman–Crippen MR) is 118 cm³/mol. The van der Waals surface area contributed by atoms with E-state index >= 15 is 0 Å². The van der Waals surface area contributed by atoms with Crippen molar-refractivity contribution in [2.75, 3.05) is 6.61 Å². The molecule has 1 atom stereocenters. The maximum atomic E-state index is 12.9. The lowest BCUT2D eigenvalue weighted by Crippen LogP contribution is -2.33. The van der Waals surface area contributed by atoms with Crippen LogP contribution in [0.2, 0.25) is 0 Å². The fourth-order valence-corrected chi connectivity index (χ4v) is 5.69. The van der Waals surface area contributed by atoms with E-state index in [2.05, 4.69) is 47.4 Å². The van der Waals surface area contributed by atoms with Crippen LogP contribution >= 0.6 is 11.8 Å². The number of rotatable bonds is 5. The first-order chi connectivity index (χ1) is 14.3. The van der Waals surface area contributed by atoms with Crippen LogP contribution in [0.1, 0.15) is 42.5 Å². The Hall–Kier alpha value is -2.11. The summed E-state index contributed by atoms with van der Waals surface area (Å²) in [5.41, 5.74) is 3.68. The summed E-state index contributed by atoms with van der Waals surface area (Å²) in [7, 11) is 0. The van der Waals surface area contributed by atoms with Gasteiger partial charge >= 0.3 is 5.69 Å². The molecule has 0 N–H and O–H groups in total. The zero-order chi connectivity index (χ0) is 19.6. The highest BCUT2D eigenvalue weighted by atomic mass is 32.2. The van der Waals surface area contributed by atoms with Crippen LogP contribution in [0.25, 0.3) is 10.8 Å². The molecule has 5 rings (SSSR count). The Balaban J connectivity index is 1.45. The van der Waals surface area contributed by atoms with E-state index in [9.17, 15) is 4.79 Å². The third kappa shape index (κ3) is 3.86. The van der Waals surface area contributed by atoms with Crippen molar-refractivity contribution in [1.29, 1.82) is 0 Å². The molecule has 3 aromatic rings. The molecule has 29 heavy (non-hydrogen) atoms. The molecule has 1 aliphatic carbocycles. The van der Waals surface area contributed by atoms with Crippen molar-refractivity contribution in [3.05, 3.63) is 69.8 Å². The fraction of sp³-hybridized carbons (Fsp3) is 0.417. The Bertz CT molecular complexity index is 1080. The summed E-state index contributed by atoms with van der Waals surface area (Å²) in [5.74, 6) is 0.829. The minimum atomic E-state index is -0.110. The molecular formula is C24H26N2O2S. The summed E-state index contributed by atoms with van der Waals surface area (Å²) < 4.78 is 7.70. The highest BCUT2D eigenvalue weighted by Crippen LogP contribution is 2.32. The molecule has 0 radical (unpaired) electrons. The maximum Gasteiger partial charge on any atom is 0.348 e. The van der Waals surface area contributed by atoms with E-state index in [1.165, 1.54) is 34.0 Å². The van der Waals surface area contributed by atoms with Crippen LogP contribution < -0.4 is 5.69 Å². The summed E-state index contributed by atoms with van der Waals surface area (Å²) >= 11 is 1.71. The van der Waals surface area contributed by atoms with Gasteiger partial charge in [0.05, 0.1) is 12.6 Å². The molecule has 0 spiro atoms. The topological polar surface area (TPSA) is 44.1 Å². The Morgan fingerprint density at radius 2 is 1.93 bits per heavy atom. The quantitative estimate of drug-likeness (QED) is 0.453. The minimum Gasteiger partial charge on any atom is -0.376 e. The smallest absolute Gasteiger partial charge is 0.348 e. The Labute approximate surface area is 175 Å². The van der Waals surface area contributed by atoms with E-state index < -0.39 is 0 Å². The summed E-state index contributed by atoms with van der Waals surface area (Å²) in [6.07, 6.45) is 6.61. The molecule has 0 unspecified atom stereocenters. The van der Waals surface area contributed by atoms with Gasteiger partial charge in [-0.1, -0.05) is 42.5 Å². The number of aromatic nitrogens is 2. The summed E-state index contributed by atoms with van der Waals surface area (Å²) in [4.78, 5) is 17.4. The molecule has 1 saturated heterocycles. The largest absolute Gasteiger partial charge is 0.376 e. The zero-order valence-electron chi connectivity index (χ0n) is 16.6. The Morgan fingerprint density at radius 1 is 1.07 bits per heavy atom. The van der Waals surface area contributed by atoms with E-state index in [1.807, 2.05) is 4.57 Å². The molecule has 2 aliphatic rings. The average molecular weight is 407 g/mol. The standard InChI is InChI=1S/C24H26N2O2S/c27-24-25-23(29-16-18-9-5-8-17-7-1-2-11-20(17)18)21-12-3-4-13-22(21)26(24)15-19-10-6-14-28-19/h1-2,5,7-9,11,19H,3-4,6,10,12-16H2/t19-/m1/s1. The van der Waals surface area contributed by atoms with Gasteiger partial charge in [-0.25, -0.2) is 4.79 Å². The van der Waals surface area contributed by atoms with Gasteiger partial charge in [0, 0.05) is 23.6 Å². The monoisotopic (exact) mass is 406 g/mol. The molecule has 0 saturated carbocycles. The maximum absolute atomic E-state index is 12.9. The molecule has 150 valence electrons. The van der Waals surface area contributed by atoms with Crippen LogP contribution in [0.3, 0.4) is 0 Å². The number of fused-ring (bicyclic) bond motifs is 2. The van der Waals surface area contributed by atoms with Crippen LogP contribution in [0.15, 0.2) is 52.3 Å². The van der Waals surface area contributed by atoms with Crippen LogP contribution in [-0.4, -0.2) is 22.3 Å². The lowest BCUT2D eigenvalue weighted by atomic mass is 9.97. The van der Waals surface area contributed by atoms with Crippen LogP contribution in [0, 0.1) is 0 Å². The molecule has 2 aromatic carbocycles. The predicted octanol–water partition coefficient (Wildman–Crippen LogP) is 4.75. The highest BCUT2D eigenvalue weighted by Gasteiger charge is 2.24. The van der Waals surface area contributed by atoms with Crippen molar-refractivity contribution in [2.24, 2.45) is 0 Å². The zero-order valence-corrected chi connectivity index (χ0v) is 17.4. The average Bonchev–Trinajstić information content (AvgIpc) is 3.28. The van der Waals surface area contributed by atoms with Crippen molar-refractivity contribution in [2.45, 2.75) is 62.0 Å². The first-order valence-electron chi connectivity index (χ1n) is 10.6. The third-order valence-electron chi connectivity index (χ3n) is 6.11. The van der Waals surface area contributed by atoms with E-state index in [0.29, 0.717) is 6.54 Å². The van der Waals surface area contributed by atoms with Crippen LogP contribution in [0.4, 0.5) is 0 Å². The number of thioether (sulfide) groups is 1. The number of hydrogen-bond acceptors (Lipinski definition) is 4. The van der Waals surface area contributed by atoms with Gasteiger partial charge in [0.25, 0.3) is 0 Å². The third-order valence-corrected chi connectivity index (χ3v) is 7.17. The number of hydrogen-bond donors (Lipinski definition) is 0. The van der Waals surface area contributed by atoms with E-state index in [4.69, 9.17) is 4.74 Å². The molecule has 2 heterocycles. The molecule has 0 amide bonds. The minimum absolute atomic E-state index is 0.110. The first kappa shape index (κ1) is 18.9. The molecule has 1 aromatic heterocycles. The van der Waals surface area contributed by atoms with E-state index in [1.54, 1.807) is 11.8 Å². The fourth-order valence-electron chi connectivity index (χ4n) is 4.61. The van der Waals surface area contributed by atoms with Crippen LogP contribution in [-0.2, 0) is 29.9 Å². The van der Waals surface area contributed by atoms with Crippen molar-refractivity contribution in [1.82, 2.24) is 9.55 Å². The highest BCUT2D eigenvalue weighted by molar-refractivity contribution is 7.98. The van der Waals surface area contributed by atoms with Crippen molar-refractivity contribution >= 4 is 22.5 Å².